The van der Waals surface area contributed by atoms with Crippen LogP contribution in [0.4, 0.5) is 5.82 Å². The Morgan fingerprint density at radius 2 is 2.12 bits per heavy atom. The van der Waals surface area contributed by atoms with Crippen molar-refractivity contribution in [2.45, 2.75) is 44.7 Å². The number of methoxy groups -OCH3 is 1. The summed E-state index contributed by atoms with van der Waals surface area (Å²) in [7, 11) is 3.60. The topological polar surface area (TPSA) is 67.6 Å². The number of nitrogens with one attached hydrogen (secondary N) is 1. The van der Waals surface area contributed by atoms with Crippen LogP contribution in [0.5, 0.6) is 5.95 Å². The highest BCUT2D eigenvalue weighted by atomic mass is 16.6. The number of aromatic nitrogens is 1. The molecule has 2 aromatic heterocycles. The summed E-state index contributed by atoms with van der Waals surface area (Å²) in [5, 5.41) is 2.90. The molecule has 134 valence electrons. The van der Waals surface area contributed by atoms with Gasteiger partial charge in [0.15, 0.2) is 5.76 Å². The van der Waals surface area contributed by atoms with Gasteiger partial charge in [-0.3, -0.25) is 4.79 Å². The van der Waals surface area contributed by atoms with Crippen LogP contribution in [0.15, 0.2) is 34.9 Å². The van der Waals surface area contributed by atoms with Crippen molar-refractivity contribution in [2.24, 2.45) is 0 Å². The molecule has 1 saturated carbocycles. The van der Waals surface area contributed by atoms with Crippen molar-refractivity contribution in [3.05, 3.63) is 41.8 Å². The summed E-state index contributed by atoms with van der Waals surface area (Å²) in [6.45, 7) is 0.405. The fourth-order valence-electron chi connectivity index (χ4n) is 3.34. The molecule has 1 fully saturated rings. The smallest absolute Gasteiger partial charge is 0.287 e. The molecule has 6 heteroatoms. The van der Waals surface area contributed by atoms with Crippen molar-refractivity contribution in [1.29, 1.82) is 0 Å². The second kappa shape index (κ2) is 8.05. The van der Waals surface area contributed by atoms with Gasteiger partial charge in [0, 0.05) is 37.5 Å². The molecule has 0 bridgehead atoms. The van der Waals surface area contributed by atoms with Gasteiger partial charge in [-0.1, -0.05) is 25.3 Å². The summed E-state index contributed by atoms with van der Waals surface area (Å²) in [5.74, 6) is 1.23. The maximum absolute atomic E-state index is 12.2. The lowest BCUT2D eigenvalue weighted by Crippen LogP contribution is -2.35. The van der Waals surface area contributed by atoms with Crippen LogP contribution in [0.25, 0.3) is 0 Å². The summed E-state index contributed by atoms with van der Waals surface area (Å²) < 4.78 is 10.3. The zero-order valence-electron chi connectivity index (χ0n) is 14.8. The molecule has 0 saturated heterocycles. The first-order valence-corrected chi connectivity index (χ1v) is 8.78. The summed E-state index contributed by atoms with van der Waals surface area (Å²) in [5.41, 5.74) is 1.00. The van der Waals surface area contributed by atoms with E-state index in [1.807, 2.05) is 12.1 Å². The number of hydrogen-bond acceptors (Lipinski definition) is 5. The Bertz CT molecular complexity index is 707. The van der Waals surface area contributed by atoms with Gasteiger partial charge in [0.1, 0.15) is 5.82 Å². The summed E-state index contributed by atoms with van der Waals surface area (Å²) in [4.78, 5) is 19.0. The highest BCUT2D eigenvalue weighted by Gasteiger charge is 2.21. The number of anilines is 1. The molecule has 0 radical (unpaired) electrons. The Kier molecular flexibility index (Phi) is 5.58. The first-order valence-electron chi connectivity index (χ1n) is 8.78. The van der Waals surface area contributed by atoms with Crippen LogP contribution in [0, 0.1) is 0 Å². The van der Waals surface area contributed by atoms with Gasteiger partial charge in [-0.2, -0.15) is 0 Å². The molecule has 1 aliphatic rings. The SMILES string of the molecule is COc1ccc(C(=O)NCc2cccnc2N(C)C2CCCCC2)o1. The van der Waals surface area contributed by atoms with Gasteiger partial charge in [0.25, 0.3) is 11.9 Å². The lowest BCUT2D eigenvalue weighted by atomic mass is 9.94. The molecule has 2 heterocycles. The van der Waals surface area contributed by atoms with E-state index < -0.39 is 0 Å². The molecule has 0 aliphatic heterocycles. The quantitative estimate of drug-likeness (QED) is 0.871. The Hall–Kier alpha value is -2.50. The van der Waals surface area contributed by atoms with Crippen molar-refractivity contribution in [3.63, 3.8) is 0 Å². The zero-order valence-corrected chi connectivity index (χ0v) is 14.8. The van der Waals surface area contributed by atoms with Crippen LogP contribution in [-0.4, -0.2) is 31.1 Å². The van der Waals surface area contributed by atoms with Crippen molar-refractivity contribution in [3.8, 4) is 5.95 Å². The number of carbonyl (C=O) groups excluding carboxylic acids is 1. The molecule has 2 aromatic rings. The highest BCUT2D eigenvalue weighted by Crippen LogP contribution is 2.27. The number of rotatable bonds is 6. The number of carbonyl (C=O) groups is 1. The van der Waals surface area contributed by atoms with Crippen molar-refractivity contribution >= 4 is 11.7 Å². The molecule has 25 heavy (non-hydrogen) atoms. The number of ether oxygens (including phenoxy) is 1. The summed E-state index contributed by atoms with van der Waals surface area (Å²) >= 11 is 0. The van der Waals surface area contributed by atoms with E-state index in [1.165, 1.54) is 39.2 Å². The van der Waals surface area contributed by atoms with E-state index in [4.69, 9.17) is 9.15 Å². The van der Waals surface area contributed by atoms with Crippen LogP contribution in [0.3, 0.4) is 0 Å². The largest absolute Gasteiger partial charge is 0.468 e. The fourth-order valence-corrected chi connectivity index (χ4v) is 3.34. The molecule has 1 amide bonds. The molecule has 6 nitrogen and oxygen atoms in total. The van der Waals surface area contributed by atoms with Crippen molar-refractivity contribution in [2.75, 3.05) is 19.1 Å². The van der Waals surface area contributed by atoms with Gasteiger partial charge in [0.05, 0.1) is 7.11 Å². The maximum atomic E-state index is 12.2. The first kappa shape index (κ1) is 17.3. The van der Waals surface area contributed by atoms with Gasteiger partial charge >= 0.3 is 0 Å². The van der Waals surface area contributed by atoms with E-state index in [0.717, 1.165) is 11.4 Å². The van der Waals surface area contributed by atoms with E-state index in [1.54, 1.807) is 18.3 Å². The predicted molar refractivity (Wildman–Crippen MR) is 95.9 cm³/mol. The van der Waals surface area contributed by atoms with Gasteiger partial charge in [-0.25, -0.2) is 4.98 Å². The van der Waals surface area contributed by atoms with Crippen LogP contribution in [0.2, 0.25) is 0 Å². The number of pyridine rings is 1. The average Bonchev–Trinajstić information content (AvgIpc) is 3.16. The Morgan fingerprint density at radius 1 is 1.32 bits per heavy atom. The van der Waals surface area contributed by atoms with Gasteiger partial charge in [-0.15, -0.1) is 0 Å². The second-order valence-corrected chi connectivity index (χ2v) is 6.39. The molecule has 1 N–H and O–H groups in total. The van der Waals surface area contributed by atoms with Gasteiger partial charge < -0.3 is 19.4 Å². The number of nitrogens with zero attached hydrogens (tertiary/aromatic N) is 2. The molecule has 1 aliphatic carbocycles. The summed E-state index contributed by atoms with van der Waals surface area (Å²) in [6.07, 6.45) is 8.07. The van der Waals surface area contributed by atoms with E-state index in [0.29, 0.717) is 18.5 Å². The van der Waals surface area contributed by atoms with E-state index in [2.05, 4.69) is 22.2 Å². The lowest BCUT2D eigenvalue weighted by Gasteiger charge is -2.33. The monoisotopic (exact) mass is 343 g/mol. The molecular formula is C19H25N3O3. The van der Waals surface area contributed by atoms with E-state index in [-0.39, 0.29) is 11.7 Å². The molecule has 3 rings (SSSR count). The molecular weight excluding hydrogens is 318 g/mol. The third-order valence-electron chi connectivity index (χ3n) is 4.77. The van der Waals surface area contributed by atoms with Crippen LogP contribution in [-0.2, 0) is 6.54 Å². The zero-order chi connectivity index (χ0) is 17.6. The number of hydrogen-bond donors (Lipinski definition) is 1. The van der Waals surface area contributed by atoms with Crippen molar-refractivity contribution < 1.29 is 13.9 Å². The molecule has 0 atom stereocenters. The Labute approximate surface area is 148 Å². The first-order chi connectivity index (χ1) is 12.2. The maximum Gasteiger partial charge on any atom is 0.287 e. The predicted octanol–water partition coefficient (Wildman–Crippen LogP) is 3.38. The Balaban J connectivity index is 1.67. The minimum atomic E-state index is -0.265. The second-order valence-electron chi connectivity index (χ2n) is 6.39. The van der Waals surface area contributed by atoms with Crippen molar-refractivity contribution in [1.82, 2.24) is 10.3 Å². The molecule has 0 unspecified atom stereocenters. The summed E-state index contributed by atoms with van der Waals surface area (Å²) in [6, 6.07) is 7.65. The fraction of sp³-hybridized carbons (Fsp3) is 0.474. The minimum Gasteiger partial charge on any atom is -0.468 e. The van der Waals surface area contributed by atoms with Gasteiger partial charge in [-0.05, 0) is 25.0 Å². The van der Waals surface area contributed by atoms with Crippen LogP contribution >= 0.6 is 0 Å². The standard InChI is InChI=1S/C19H25N3O3/c1-22(15-8-4-3-5-9-15)18-14(7-6-12-20-18)13-21-19(23)16-10-11-17(24-2)25-16/h6-7,10-12,15H,3-5,8-9,13H2,1-2H3,(H,21,23). The van der Waals surface area contributed by atoms with E-state index in [9.17, 15) is 4.79 Å². The van der Waals surface area contributed by atoms with Crippen LogP contribution < -0.4 is 15.0 Å². The normalized spacial score (nSPS) is 15.0. The highest BCUT2D eigenvalue weighted by molar-refractivity contribution is 5.91. The Morgan fingerprint density at radius 3 is 2.84 bits per heavy atom. The average molecular weight is 343 g/mol. The third-order valence-corrected chi connectivity index (χ3v) is 4.77. The molecule has 0 spiro atoms. The van der Waals surface area contributed by atoms with Crippen LogP contribution in [0.1, 0.15) is 48.2 Å². The number of amides is 1. The number of furan rings is 1. The third kappa shape index (κ3) is 4.13. The molecule has 0 aromatic carbocycles. The van der Waals surface area contributed by atoms with E-state index >= 15 is 0 Å². The van der Waals surface area contributed by atoms with Gasteiger partial charge in [0.2, 0.25) is 0 Å². The minimum absolute atomic E-state index is 0.239. The lowest BCUT2D eigenvalue weighted by molar-refractivity contribution is 0.0917.